The molecule has 7 nitrogen and oxygen atoms in total. The van der Waals surface area contributed by atoms with Gasteiger partial charge in [0.15, 0.2) is 0 Å². The number of carbonyl (C=O) groups excluding carboxylic acids is 2. The van der Waals surface area contributed by atoms with E-state index in [2.05, 4.69) is 15.3 Å². The molecular weight excluding hydrogens is 318 g/mol. The third-order valence-electron chi connectivity index (χ3n) is 4.91. The van der Waals surface area contributed by atoms with E-state index < -0.39 is 0 Å². The van der Waals surface area contributed by atoms with Crippen molar-refractivity contribution in [2.45, 2.75) is 51.0 Å². The Morgan fingerprint density at radius 3 is 2.92 bits per heavy atom. The molecule has 2 aliphatic rings. The van der Waals surface area contributed by atoms with Crippen molar-refractivity contribution in [1.82, 2.24) is 20.2 Å². The van der Waals surface area contributed by atoms with Crippen LogP contribution in [0.4, 0.5) is 5.95 Å². The zero-order valence-electron chi connectivity index (χ0n) is 15.1. The van der Waals surface area contributed by atoms with Gasteiger partial charge in [0.2, 0.25) is 17.8 Å². The number of amides is 2. The normalized spacial score (nSPS) is 19.7. The van der Waals surface area contributed by atoms with Gasteiger partial charge in [0.1, 0.15) is 0 Å². The molecule has 7 heteroatoms. The van der Waals surface area contributed by atoms with Crippen LogP contribution >= 0.6 is 0 Å². The number of hydrogen-bond donors (Lipinski definition) is 1. The molecule has 1 aliphatic carbocycles. The Bertz CT molecular complexity index is 646. The number of rotatable bonds is 6. The molecule has 2 amide bonds. The quantitative estimate of drug-likeness (QED) is 0.844. The Morgan fingerprint density at radius 1 is 1.36 bits per heavy atom. The van der Waals surface area contributed by atoms with E-state index in [-0.39, 0.29) is 17.9 Å². The smallest absolute Gasteiger partial charge is 0.225 e. The molecule has 25 heavy (non-hydrogen) atoms. The van der Waals surface area contributed by atoms with E-state index in [9.17, 15) is 9.59 Å². The summed E-state index contributed by atoms with van der Waals surface area (Å²) in [5, 5.41) is 3.12. The largest absolute Gasteiger partial charge is 0.349 e. The van der Waals surface area contributed by atoms with E-state index in [4.69, 9.17) is 0 Å². The molecule has 1 aromatic heterocycles. The SMILES string of the molecule is CN(C)c1ncc2c(n1)CCCC2NC(=O)CCCN1CCCC1=O. The predicted octanol–water partition coefficient (Wildman–Crippen LogP) is 1.44. The van der Waals surface area contributed by atoms with Gasteiger partial charge in [-0.2, -0.15) is 0 Å². The van der Waals surface area contributed by atoms with Crippen molar-refractivity contribution in [3.63, 3.8) is 0 Å². The first-order valence-electron chi connectivity index (χ1n) is 9.15. The summed E-state index contributed by atoms with van der Waals surface area (Å²) in [4.78, 5) is 36.6. The van der Waals surface area contributed by atoms with Gasteiger partial charge in [-0.1, -0.05) is 0 Å². The average molecular weight is 345 g/mol. The third-order valence-corrected chi connectivity index (χ3v) is 4.91. The summed E-state index contributed by atoms with van der Waals surface area (Å²) in [6.45, 7) is 1.52. The molecule has 0 saturated carbocycles. The predicted molar refractivity (Wildman–Crippen MR) is 95.2 cm³/mol. The van der Waals surface area contributed by atoms with Gasteiger partial charge in [-0.25, -0.2) is 9.97 Å². The van der Waals surface area contributed by atoms with Crippen molar-refractivity contribution >= 4 is 17.8 Å². The van der Waals surface area contributed by atoms with Crippen molar-refractivity contribution in [3.8, 4) is 0 Å². The fourth-order valence-electron chi connectivity index (χ4n) is 3.54. The van der Waals surface area contributed by atoms with E-state index in [1.54, 1.807) is 0 Å². The molecule has 1 fully saturated rings. The third kappa shape index (κ3) is 4.27. The lowest BCUT2D eigenvalue weighted by Crippen LogP contribution is -2.32. The molecule has 0 spiro atoms. The minimum absolute atomic E-state index is 0.000816. The van der Waals surface area contributed by atoms with Crippen LogP contribution in [-0.4, -0.2) is 53.9 Å². The second-order valence-electron chi connectivity index (χ2n) is 7.07. The Hall–Kier alpha value is -2.18. The fraction of sp³-hybridized carbons (Fsp3) is 0.667. The highest BCUT2D eigenvalue weighted by Gasteiger charge is 2.24. The van der Waals surface area contributed by atoms with E-state index in [1.165, 1.54) is 0 Å². The Labute approximate surface area is 148 Å². The molecule has 1 N–H and O–H groups in total. The highest BCUT2D eigenvalue weighted by Crippen LogP contribution is 2.29. The lowest BCUT2D eigenvalue weighted by Gasteiger charge is -2.26. The van der Waals surface area contributed by atoms with E-state index in [0.717, 1.165) is 43.5 Å². The van der Waals surface area contributed by atoms with Crippen molar-refractivity contribution < 1.29 is 9.59 Å². The minimum Gasteiger partial charge on any atom is -0.349 e. The van der Waals surface area contributed by atoms with Gasteiger partial charge in [0.25, 0.3) is 0 Å². The summed E-state index contributed by atoms with van der Waals surface area (Å²) < 4.78 is 0. The fourth-order valence-corrected chi connectivity index (χ4v) is 3.54. The van der Waals surface area contributed by atoms with E-state index in [1.807, 2.05) is 30.1 Å². The molecule has 0 radical (unpaired) electrons. The highest BCUT2D eigenvalue weighted by molar-refractivity contribution is 5.78. The Morgan fingerprint density at radius 2 is 2.20 bits per heavy atom. The summed E-state index contributed by atoms with van der Waals surface area (Å²) in [7, 11) is 3.85. The zero-order chi connectivity index (χ0) is 17.8. The number of aromatic nitrogens is 2. The van der Waals surface area contributed by atoms with Crippen molar-refractivity contribution in [1.29, 1.82) is 0 Å². The molecule has 3 rings (SSSR count). The number of nitrogens with zero attached hydrogens (tertiary/aromatic N) is 4. The summed E-state index contributed by atoms with van der Waals surface area (Å²) >= 11 is 0. The van der Waals surface area contributed by atoms with Crippen molar-refractivity contribution in [2.24, 2.45) is 0 Å². The highest BCUT2D eigenvalue weighted by atomic mass is 16.2. The lowest BCUT2D eigenvalue weighted by molar-refractivity contribution is -0.128. The van der Waals surface area contributed by atoms with Crippen molar-refractivity contribution in [2.75, 3.05) is 32.1 Å². The number of aryl methyl sites for hydroxylation is 1. The van der Waals surface area contributed by atoms with Crippen LogP contribution in [0.1, 0.15) is 55.8 Å². The van der Waals surface area contributed by atoms with Crippen LogP contribution in [0.5, 0.6) is 0 Å². The van der Waals surface area contributed by atoms with Gasteiger partial charge in [0.05, 0.1) is 11.7 Å². The number of anilines is 1. The summed E-state index contributed by atoms with van der Waals surface area (Å²) in [6.07, 6.45) is 7.49. The van der Waals surface area contributed by atoms with E-state index >= 15 is 0 Å². The Kier molecular flexibility index (Phi) is 5.50. The van der Waals surface area contributed by atoms with Crippen LogP contribution in [0, 0.1) is 0 Å². The minimum atomic E-state index is 0.000816. The number of fused-ring (bicyclic) bond motifs is 1. The summed E-state index contributed by atoms with van der Waals surface area (Å²) in [5.41, 5.74) is 2.08. The van der Waals surface area contributed by atoms with E-state index in [0.29, 0.717) is 31.8 Å². The molecule has 1 aromatic rings. The topological polar surface area (TPSA) is 78.4 Å². The maximum Gasteiger partial charge on any atom is 0.225 e. The van der Waals surface area contributed by atoms with Gasteiger partial charge in [-0.15, -0.1) is 0 Å². The van der Waals surface area contributed by atoms with Crippen molar-refractivity contribution in [3.05, 3.63) is 17.5 Å². The monoisotopic (exact) mass is 345 g/mol. The molecule has 2 heterocycles. The van der Waals surface area contributed by atoms with Crippen LogP contribution in [-0.2, 0) is 16.0 Å². The summed E-state index contributed by atoms with van der Waals surface area (Å²) in [6, 6.07) is 0.000816. The van der Waals surface area contributed by atoms with Gasteiger partial charge in [-0.05, 0) is 32.1 Å². The number of likely N-dealkylation sites (tertiary alicyclic amines) is 1. The van der Waals surface area contributed by atoms with Crippen LogP contribution < -0.4 is 10.2 Å². The molecule has 1 saturated heterocycles. The average Bonchev–Trinajstić information content (AvgIpc) is 3.00. The molecule has 1 aliphatic heterocycles. The number of hydrogen-bond acceptors (Lipinski definition) is 5. The molecule has 0 bridgehead atoms. The maximum absolute atomic E-state index is 12.3. The first-order chi connectivity index (χ1) is 12.0. The Balaban J connectivity index is 1.53. The zero-order valence-corrected chi connectivity index (χ0v) is 15.1. The second kappa shape index (κ2) is 7.80. The molecular formula is C18H27N5O2. The van der Waals surface area contributed by atoms with Gasteiger partial charge >= 0.3 is 0 Å². The number of nitrogens with one attached hydrogen (secondary N) is 1. The van der Waals surface area contributed by atoms with Gasteiger partial charge in [-0.3, -0.25) is 9.59 Å². The molecule has 1 atom stereocenters. The molecule has 136 valence electrons. The lowest BCUT2D eigenvalue weighted by atomic mass is 9.92. The second-order valence-corrected chi connectivity index (χ2v) is 7.07. The first kappa shape index (κ1) is 17.6. The number of carbonyl (C=O) groups is 2. The molecule has 0 aromatic carbocycles. The summed E-state index contributed by atoms with van der Waals surface area (Å²) in [5.74, 6) is 0.970. The van der Waals surface area contributed by atoms with Crippen LogP contribution in [0.15, 0.2) is 6.20 Å². The van der Waals surface area contributed by atoms with Crippen LogP contribution in [0.25, 0.3) is 0 Å². The van der Waals surface area contributed by atoms with Crippen LogP contribution in [0.2, 0.25) is 0 Å². The standard InChI is InChI=1S/C18H27N5O2/c1-22(2)18-19-12-13-14(6-3-7-15(13)21-18)20-16(24)8-4-10-23-11-5-9-17(23)25/h12,14H,3-11H2,1-2H3,(H,20,24). The van der Waals surface area contributed by atoms with Gasteiger partial charge < -0.3 is 15.1 Å². The molecule has 1 unspecified atom stereocenters. The van der Waals surface area contributed by atoms with Crippen LogP contribution in [0.3, 0.4) is 0 Å². The van der Waals surface area contributed by atoms with Gasteiger partial charge in [0, 0.05) is 51.8 Å². The first-order valence-corrected chi connectivity index (χ1v) is 9.15. The maximum atomic E-state index is 12.3.